The number of rotatable bonds is 11. The minimum Gasteiger partial charge on any atom is -0.546 e. The highest BCUT2D eigenvalue weighted by Gasteiger charge is 2.69. The Kier molecular flexibility index (Phi) is 17.9. The Hall–Kier alpha value is -2.80. The summed E-state index contributed by atoms with van der Waals surface area (Å²) < 4.78 is 17.3. The van der Waals surface area contributed by atoms with Crippen LogP contribution in [0.15, 0.2) is 37.1 Å². The van der Waals surface area contributed by atoms with Crippen molar-refractivity contribution in [2.24, 2.45) is 73.9 Å². The third-order valence-corrected chi connectivity index (χ3v) is 26.9. The van der Waals surface area contributed by atoms with Crippen LogP contribution in [0.5, 0.6) is 0 Å². The van der Waals surface area contributed by atoms with Gasteiger partial charge in [0.25, 0.3) is 8.32 Å². The maximum Gasteiger partial charge on any atom is 0.341 e. The average Bonchev–Trinajstić information content (AvgIpc) is 3.84. The highest BCUT2D eigenvalue weighted by atomic mass is 28.4. The number of carboxylic acid groups (broad SMARTS) is 1. The maximum absolute atomic E-state index is 13.1. The summed E-state index contributed by atoms with van der Waals surface area (Å²) >= 11 is 0. The SMILES string of the molecule is C=CC1(C)C[C@@H](O)C2(C)C(C)CCC3(CC=C(O[Si](C(C)C)(C(C)C)C(C)C)C32)[C@@H](C)C1C.C=CC1(C)C[C@@H](OC(=O)CO)C2(C)C(C)CCC3(CCC(=O)C32)[C@@H](C)C1O.CC(=O)OCC(=O)O. The minimum absolute atomic E-state index is 0.0433. The number of esters is 2. The second-order valence-corrected chi connectivity index (χ2v) is 30.0. The molecule has 68 heavy (non-hydrogen) atoms. The first kappa shape index (κ1) is 57.8. The number of allylic oxidation sites excluding steroid dienone is 3. The molecule has 0 aromatic rings. The van der Waals surface area contributed by atoms with Crippen LogP contribution < -0.4 is 0 Å². The number of aliphatic hydroxyl groups excluding tert-OH is 3. The van der Waals surface area contributed by atoms with Crippen LogP contribution in [0.4, 0.5) is 0 Å². The zero-order chi connectivity index (χ0) is 51.9. The smallest absolute Gasteiger partial charge is 0.341 e. The van der Waals surface area contributed by atoms with Gasteiger partial charge in [0.05, 0.1) is 18.0 Å². The Morgan fingerprint density at radius 1 is 0.779 bits per heavy atom. The summed E-state index contributed by atoms with van der Waals surface area (Å²) in [5, 5.41) is 40.5. The second-order valence-electron chi connectivity index (χ2n) is 24.6. The predicted octanol–water partition coefficient (Wildman–Crippen LogP) is 11.3. The van der Waals surface area contributed by atoms with Crippen LogP contribution in [0.2, 0.25) is 16.6 Å². The molecule has 0 saturated heterocycles. The van der Waals surface area contributed by atoms with E-state index in [1.807, 2.05) is 6.92 Å². The number of aliphatic carboxylic acids is 1. The lowest BCUT2D eigenvalue weighted by Gasteiger charge is -2.63. The number of ether oxygens (including phenoxy) is 2. The lowest BCUT2D eigenvalue weighted by Crippen LogP contribution is -2.63. The van der Waals surface area contributed by atoms with E-state index < -0.39 is 62.5 Å². The van der Waals surface area contributed by atoms with Gasteiger partial charge in [-0.3, -0.25) is 9.59 Å². The summed E-state index contributed by atoms with van der Waals surface area (Å²) in [7, 11) is -2.07. The number of Topliss-reactive ketones (excluding diaryl/α,β-unsaturated/α-hetero) is 1. The van der Waals surface area contributed by atoms with Crippen LogP contribution in [-0.2, 0) is 33.1 Å². The predicted molar refractivity (Wildman–Crippen MR) is 271 cm³/mol. The summed E-state index contributed by atoms with van der Waals surface area (Å²) in [4.78, 5) is 44.7. The van der Waals surface area contributed by atoms with Gasteiger partial charge in [0.2, 0.25) is 0 Å². The molecular formula is C56H94O11Si. The first-order chi connectivity index (χ1) is 31.3. The molecule has 5 fully saturated rings. The Morgan fingerprint density at radius 3 is 1.78 bits per heavy atom. The molecule has 16 atom stereocenters. The molecule has 0 amide bonds. The molecule has 0 aromatic heterocycles. The van der Waals surface area contributed by atoms with E-state index in [2.05, 4.69) is 127 Å². The number of carboxylic acids is 1. The molecule has 5 saturated carbocycles. The van der Waals surface area contributed by atoms with Crippen molar-refractivity contribution >= 4 is 32.0 Å². The lowest BCUT2D eigenvalue weighted by molar-refractivity contribution is -0.207. The second kappa shape index (κ2) is 21.1. The fraction of sp³-hybridized carbons (Fsp3) is 0.821. The van der Waals surface area contributed by atoms with Crippen molar-refractivity contribution in [1.29, 1.82) is 0 Å². The van der Waals surface area contributed by atoms with Gasteiger partial charge in [-0.2, -0.15) is 0 Å². The van der Waals surface area contributed by atoms with Gasteiger partial charge in [-0.05, 0) is 120 Å². The molecule has 388 valence electrons. The molecule has 0 aromatic carbocycles. The first-order valence-corrected chi connectivity index (χ1v) is 28.2. The van der Waals surface area contributed by atoms with E-state index in [0.717, 1.165) is 39.0 Å². The molecule has 0 radical (unpaired) electrons. The minimum atomic E-state index is -2.07. The number of ketones is 1. The molecule has 6 aliphatic rings. The highest BCUT2D eigenvalue weighted by molar-refractivity contribution is 6.77. The molecule has 4 bridgehead atoms. The number of aliphatic hydroxyl groups is 3. The number of hydrogen-bond donors (Lipinski definition) is 4. The largest absolute Gasteiger partial charge is 0.546 e. The summed E-state index contributed by atoms with van der Waals surface area (Å²) in [5.41, 5.74) is 0.183. The molecule has 11 nitrogen and oxygen atoms in total. The molecule has 12 unspecified atom stereocenters. The van der Waals surface area contributed by atoms with Crippen molar-refractivity contribution in [2.45, 2.75) is 204 Å². The van der Waals surface area contributed by atoms with Crippen molar-refractivity contribution in [3.63, 3.8) is 0 Å². The van der Waals surface area contributed by atoms with E-state index >= 15 is 0 Å². The van der Waals surface area contributed by atoms with Crippen molar-refractivity contribution < 1.29 is 53.5 Å². The van der Waals surface area contributed by atoms with E-state index in [-0.39, 0.29) is 51.3 Å². The lowest BCUT2D eigenvalue weighted by atomic mass is 9.42. The van der Waals surface area contributed by atoms with Gasteiger partial charge in [0.15, 0.2) is 6.61 Å². The number of hydrogen-bond acceptors (Lipinski definition) is 10. The van der Waals surface area contributed by atoms with Gasteiger partial charge >= 0.3 is 17.9 Å². The Bertz CT molecular complexity index is 1860. The summed E-state index contributed by atoms with van der Waals surface area (Å²) in [5.74, 6) is 0.820. The van der Waals surface area contributed by atoms with Crippen molar-refractivity contribution in [2.75, 3.05) is 13.2 Å². The van der Waals surface area contributed by atoms with Gasteiger partial charge in [0, 0.05) is 41.4 Å². The highest BCUT2D eigenvalue weighted by Crippen LogP contribution is 2.71. The summed E-state index contributed by atoms with van der Waals surface area (Å²) in [6.07, 6.45) is 12.7. The van der Waals surface area contributed by atoms with Crippen LogP contribution in [0.1, 0.15) is 169 Å². The fourth-order valence-corrected chi connectivity index (χ4v) is 21.3. The van der Waals surface area contributed by atoms with Crippen molar-refractivity contribution in [1.82, 2.24) is 0 Å². The normalized spacial score (nSPS) is 42.0. The molecule has 4 N–H and O–H groups in total. The van der Waals surface area contributed by atoms with E-state index in [0.29, 0.717) is 53.1 Å². The Balaban J connectivity index is 0.000000259. The first-order valence-electron chi connectivity index (χ1n) is 26.0. The average molecular weight is 971 g/mol. The fourth-order valence-electron chi connectivity index (χ4n) is 15.9. The molecule has 6 rings (SSSR count). The standard InChI is InChI=1S/C30H54O2Si.C22H34O5.C4H6O4/c1-13-28(11)18-26(31)29(12)22(8)14-16-30(24(10)23(28)9)17-15-25(27(29)30)32-33(19(2)3,20(4)5)21(6)7;1-6-20(4)11-16(27-17(25)12-23)21(5)13(2)7-9-22(14(3)19(20)26)10-8-15(24)18(21)22;1-3(5)8-2-4(6)7/h13,15,19-24,26-27,31H,1,14,16-18H2,2-12H3;6,13-14,16,18-19,23,26H,1,7-12H2,2-5H3;2H2,1H3,(H,6,7)/t22?,23?,24-,26+,27?,28?,29?,30?;13?,14-,16+,18?,19?,20?,21?,22?;/m00./s1. The molecule has 0 spiro atoms. The quantitative estimate of drug-likeness (QED) is 0.0880. The maximum atomic E-state index is 13.1. The van der Waals surface area contributed by atoms with Crippen molar-refractivity contribution in [3.05, 3.63) is 37.1 Å². The zero-order valence-corrected chi connectivity index (χ0v) is 46.1. The van der Waals surface area contributed by atoms with Crippen LogP contribution in [0.25, 0.3) is 0 Å². The van der Waals surface area contributed by atoms with Gasteiger partial charge in [-0.1, -0.05) is 116 Å². The van der Waals surface area contributed by atoms with E-state index in [1.165, 1.54) is 18.6 Å². The topological polar surface area (TPSA) is 177 Å². The Morgan fingerprint density at radius 2 is 1.31 bits per heavy atom. The summed E-state index contributed by atoms with van der Waals surface area (Å²) in [6.45, 7) is 42.7. The zero-order valence-electron chi connectivity index (χ0n) is 45.1. The van der Waals surface area contributed by atoms with Crippen molar-refractivity contribution in [3.8, 4) is 0 Å². The monoisotopic (exact) mass is 971 g/mol. The van der Waals surface area contributed by atoms with Gasteiger partial charge in [-0.25, -0.2) is 9.59 Å². The number of carbonyl (C=O) groups is 4. The van der Waals surface area contributed by atoms with Crippen LogP contribution in [-0.4, -0.2) is 84.0 Å². The third-order valence-electron chi connectivity index (χ3n) is 20.9. The molecule has 0 heterocycles. The van der Waals surface area contributed by atoms with E-state index in [9.17, 15) is 34.5 Å². The van der Waals surface area contributed by atoms with E-state index in [1.54, 1.807) is 6.08 Å². The number of carbonyl (C=O) groups excluding carboxylic acids is 3. The molecule has 6 aliphatic carbocycles. The van der Waals surface area contributed by atoms with E-state index in [4.69, 9.17) is 14.3 Å². The Labute approximate surface area is 411 Å². The third kappa shape index (κ3) is 9.65. The van der Waals surface area contributed by atoms with Crippen LogP contribution >= 0.6 is 0 Å². The molecular weight excluding hydrogens is 877 g/mol. The summed E-state index contributed by atoms with van der Waals surface area (Å²) in [6, 6.07) is 0. The van der Waals surface area contributed by atoms with Gasteiger partial charge in [0.1, 0.15) is 18.5 Å². The van der Waals surface area contributed by atoms with Gasteiger partial charge in [-0.15, -0.1) is 13.2 Å². The molecule has 0 aliphatic heterocycles. The van der Waals surface area contributed by atoms with Crippen LogP contribution in [0.3, 0.4) is 0 Å². The molecule has 12 heteroatoms. The van der Waals surface area contributed by atoms with Gasteiger partial charge < -0.3 is 34.3 Å². The van der Waals surface area contributed by atoms with Crippen LogP contribution in [0, 0.1) is 73.9 Å².